The Morgan fingerprint density at radius 2 is 1.91 bits per heavy atom. The molecule has 1 aromatic carbocycles. The molecule has 1 nitrogen and oxygen atoms in total. The van der Waals surface area contributed by atoms with Crippen LogP contribution in [0.15, 0.2) is 24.3 Å². The summed E-state index contributed by atoms with van der Waals surface area (Å²) in [6.45, 7) is 1.52. The zero-order chi connectivity index (χ0) is 8.27. The van der Waals surface area contributed by atoms with Gasteiger partial charge in [0, 0.05) is 11.1 Å². The highest BCUT2D eigenvalue weighted by molar-refractivity contribution is 5.94. The Balaban J connectivity index is 3.03. The van der Waals surface area contributed by atoms with Gasteiger partial charge in [-0.1, -0.05) is 18.1 Å². The molecule has 1 heteroatoms. The number of hydrogen-bond acceptors (Lipinski definition) is 1. The lowest BCUT2D eigenvalue weighted by Gasteiger charge is -1.93. The molecule has 1 rings (SSSR count). The highest BCUT2D eigenvalue weighted by atomic mass is 16.1. The Morgan fingerprint density at radius 1 is 1.36 bits per heavy atom. The maximum absolute atomic E-state index is 10.8. The molecule has 0 saturated carbocycles. The third kappa shape index (κ3) is 1.68. The molecule has 53 valence electrons. The minimum Gasteiger partial charge on any atom is -0.295 e. The third-order valence-electron chi connectivity index (χ3n) is 1.44. The molecule has 0 unspecified atom stereocenters. The second-order valence-electron chi connectivity index (χ2n) is 2.26. The van der Waals surface area contributed by atoms with Gasteiger partial charge in [-0.3, -0.25) is 4.79 Å². The van der Waals surface area contributed by atoms with E-state index in [1.54, 1.807) is 24.3 Å². The van der Waals surface area contributed by atoms with Crippen molar-refractivity contribution in [1.82, 2.24) is 0 Å². The molecule has 0 aliphatic rings. The molecule has 11 heavy (non-hydrogen) atoms. The normalized spacial score (nSPS) is 8.73. The fraction of sp³-hybridized carbons (Fsp3) is 0.100. The summed E-state index contributed by atoms with van der Waals surface area (Å²) in [6.07, 6.45) is 6.79. The van der Waals surface area contributed by atoms with Gasteiger partial charge in [0.05, 0.1) is 0 Å². The molecule has 0 aliphatic carbocycles. The number of hydrogen-bond donors (Lipinski definition) is 0. The quantitative estimate of drug-likeness (QED) is 0.433. The van der Waals surface area contributed by atoms with Crippen LogP contribution in [0.2, 0.25) is 0 Å². The van der Waals surface area contributed by atoms with Crippen LogP contribution in [0.5, 0.6) is 0 Å². The molecule has 0 amide bonds. The van der Waals surface area contributed by atoms with Gasteiger partial charge < -0.3 is 0 Å². The zero-order valence-electron chi connectivity index (χ0n) is 6.22. The molecule has 0 saturated heterocycles. The minimum absolute atomic E-state index is 0.0431. The Labute approximate surface area is 66.1 Å². The van der Waals surface area contributed by atoms with Crippen molar-refractivity contribution in [1.29, 1.82) is 0 Å². The van der Waals surface area contributed by atoms with Gasteiger partial charge in [-0.2, -0.15) is 0 Å². The monoisotopic (exact) mass is 143 g/mol. The Kier molecular flexibility index (Phi) is 2.08. The summed E-state index contributed by atoms with van der Waals surface area (Å²) in [6, 6.07) is 6.78. The van der Waals surface area contributed by atoms with Crippen LogP contribution in [-0.4, -0.2) is 5.78 Å². The van der Waals surface area contributed by atoms with Gasteiger partial charge in [0.1, 0.15) is 0 Å². The first-order valence-corrected chi connectivity index (χ1v) is 3.28. The van der Waals surface area contributed by atoms with Crippen molar-refractivity contribution in [2.75, 3.05) is 0 Å². The van der Waals surface area contributed by atoms with Crippen molar-refractivity contribution in [3.63, 3.8) is 0 Å². The maximum Gasteiger partial charge on any atom is 0.159 e. The van der Waals surface area contributed by atoms with Gasteiger partial charge in [0.15, 0.2) is 5.78 Å². The maximum atomic E-state index is 10.8. The summed E-state index contributed by atoms with van der Waals surface area (Å²) in [5.41, 5.74) is 1.36. The van der Waals surface area contributed by atoms with E-state index in [1.165, 1.54) is 6.92 Å². The second-order valence-corrected chi connectivity index (χ2v) is 2.26. The lowest BCUT2D eigenvalue weighted by atomic mass is 10.1. The van der Waals surface area contributed by atoms with Crippen molar-refractivity contribution < 1.29 is 4.79 Å². The van der Waals surface area contributed by atoms with Crippen LogP contribution < -0.4 is 0 Å². The zero-order valence-corrected chi connectivity index (χ0v) is 6.22. The fourth-order valence-corrected chi connectivity index (χ4v) is 0.788. The first-order chi connectivity index (χ1) is 5.24. The van der Waals surface area contributed by atoms with Crippen LogP contribution in [0.1, 0.15) is 22.8 Å². The highest BCUT2D eigenvalue weighted by Crippen LogP contribution is 2.03. The van der Waals surface area contributed by atoms with Crippen molar-refractivity contribution in [2.45, 2.75) is 6.92 Å². The summed E-state index contributed by atoms with van der Waals surface area (Å²) < 4.78 is 0. The minimum atomic E-state index is 0.0431. The van der Waals surface area contributed by atoms with Crippen molar-refractivity contribution in [3.8, 4) is 5.92 Å². The predicted molar refractivity (Wildman–Crippen MR) is 42.7 cm³/mol. The topological polar surface area (TPSA) is 17.1 Å². The van der Waals surface area contributed by atoms with Gasteiger partial charge in [-0.05, 0) is 25.5 Å². The van der Waals surface area contributed by atoms with E-state index in [9.17, 15) is 4.79 Å². The molecule has 0 atom stereocenters. The molecule has 0 aromatic heterocycles. The standard InChI is InChI=1S/C10H7O/c1-3-9-4-6-10(7-5-9)8(2)11/h4-7H,2H3. The van der Waals surface area contributed by atoms with E-state index in [1.807, 2.05) is 0 Å². The molecule has 0 heterocycles. The number of rotatable bonds is 1. The van der Waals surface area contributed by atoms with Crippen LogP contribution >= 0.6 is 0 Å². The molecule has 0 spiro atoms. The second kappa shape index (κ2) is 3.03. The lowest BCUT2D eigenvalue weighted by molar-refractivity contribution is 0.101. The summed E-state index contributed by atoms with van der Waals surface area (Å²) in [5.74, 6) is 2.27. The number of ketones is 1. The van der Waals surface area contributed by atoms with E-state index in [4.69, 9.17) is 6.42 Å². The van der Waals surface area contributed by atoms with Crippen molar-refractivity contribution in [2.24, 2.45) is 0 Å². The van der Waals surface area contributed by atoms with Crippen LogP contribution in [0.3, 0.4) is 0 Å². The smallest absolute Gasteiger partial charge is 0.159 e. The van der Waals surface area contributed by atoms with E-state index in [-0.39, 0.29) is 5.78 Å². The number of carbonyl (C=O) groups excluding carboxylic acids is 1. The molecule has 1 radical (unpaired) electrons. The van der Waals surface area contributed by atoms with Crippen LogP contribution in [0.4, 0.5) is 0 Å². The predicted octanol–water partition coefficient (Wildman–Crippen LogP) is 1.83. The van der Waals surface area contributed by atoms with Gasteiger partial charge >= 0.3 is 0 Å². The molecule has 0 N–H and O–H groups in total. The summed E-state index contributed by atoms with van der Waals surface area (Å²) >= 11 is 0. The van der Waals surface area contributed by atoms with Crippen molar-refractivity contribution in [3.05, 3.63) is 41.8 Å². The summed E-state index contributed by atoms with van der Waals surface area (Å²) in [4.78, 5) is 10.8. The largest absolute Gasteiger partial charge is 0.295 e. The summed E-state index contributed by atoms with van der Waals surface area (Å²) in [7, 11) is 0. The molecule has 1 aromatic rings. The van der Waals surface area contributed by atoms with E-state index < -0.39 is 0 Å². The molecule has 0 fully saturated rings. The SMILES string of the molecule is [C]#Cc1ccc(C(C)=O)cc1. The number of carbonyl (C=O) groups is 1. The van der Waals surface area contributed by atoms with Gasteiger partial charge in [-0.25, -0.2) is 0 Å². The Hall–Kier alpha value is -1.55. The molecule has 0 bridgehead atoms. The third-order valence-corrected chi connectivity index (χ3v) is 1.44. The fourth-order valence-electron chi connectivity index (χ4n) is 0.788. The van der Waals surface area contributed by atoms with E-state index in [0.29, 0.717) is 11.1 Å². The molecular weight excluding hydrogens is 136 g/mol. The number of Topliss-reactive ketones (excluding diaryl/α,β-unsaturated/α-hetero) is 1. The summed E-state index contributed by atoms with van der Waals surface area (Å²) in [5, 5.41) is 0. The molecular formula is C10H7O. The average molecular weight is 143 g/mol. The van der Waals surface area contributed by atoms with Crippen LogP contribution in [-0.2, 0) is 0 Å². The van der Waals surface area contributed by atoms with Crippen LogP contribution in [0, 0.1) is 12.3 Å². The van der Waals surface area contributed by atoms with Gasteiger partial charge in [0.2, 0.25) is 0 Å². The van der Waals surface area contributed by atoms with Crippen LogP contribution in [0.25, 0.3) is 0 Å². The van der Waals surface area contributed by atoms with E-state index >= 15 is 0 Å². The van der Waals surface area contributed by atoms with Gasteiger partial charge in [-0.15, -0.1) is 0 Å². The van der Waals surface area contributed by atoms with E-state index in [0.717, 1.165) is 0 Å². The Morgan fingerprint density at radius 3 is 2.27 bits per heavy atom. The highest BCUT2D eigenvalue weighted by Gasteiger charge is 1.96. The first kappa shape index (κ1) is 7.56. The van der Waals surface area contributed by atoms with Crippen molar-refractivity contribution >= 4 is 5.78 Å². The Bertz CT molecular complexity index is 301. The number of benzene rings is 1. The average Bonchev–Trinajstić information content (AvgIpc) is 2.05. The van der Waals surface area contributed by atoms with E-state index in [2.05, 4.69) is 5.92 Å². The lowest BCUT2D eigenvalue weighted by Crippen LogP contribution is -1.90. The van der Waals surface area contributed by atoms with Gasteiger partial charge in [0.25, 0.3) is 0 Å². The first-order valence-electron chi connectivity index (χ1n) is 3.28. The molecule has 0 aliphatic heterocycles.